The van der Waals surface area contributed by atoms with Gasteiger partial charge >= 0.3 is 0 Å². The van der Waals surface area contributed by atoms with Gasteiger partial charge in [0.15, 0.2) is 0 Å². The largest absolute Gasteiger partial charge is 0.395 e. The second-order valence-electron chi connectivity index (χ2n) is 8.05. The van der Waals surface area contributed by atoms with Gasteiger partial charge in [-0.05, 0) is 36.5 Å². The summed E-state index contributed by atoms with van der Waals surface area (Å²) in [6, 6.07) is 14.2. The number of carbonyl (C=O) groups is 1. The summed E-state index contributed by atoms with van der Waals surface area (Å²) in [7, 11) is 0. The summed E-state index contributed by atoms with van der Waals surface area (Å²) in [5.74, 6) is 0.886. The molecule has 1 aromatic carbocycles. The number of hydrogen-bond acceptors (Lipinski definition) is 4. The monoisotopic (exact) mass is 379 g/mol. The van der Waals surface area contributed by atoms with Gasteiger partial charge in [0.25, 0.3) is 5.91 Å². The zero-order chi connectivity index (χ0) is 19.3. The Bertz CT molecular complexity index is 762. The number of amides is 1. The minimum Gasteiger partial charge on any atom is -0.395 e. The molecule has 2 aromatic rings. The number of aliphatic hydroxyl groups is 1. The molecule has 0 unspecified atom stereocenters. The standard InChI is InChI=1S/C23H29N3O2/c27-16-21-22(18-8-2-1-3-9-18)20(26(21)15-17-6-4-5-7-17)14-25-23(28)19-10-12-24-13-11-19/h1-3,8-13,17,20-22,27H,4-7,14-16H2,(H,25,28)/t20-,21-,22-/m0/s1. The van der Waals surface area contributed by atoms with E-state index in [1.54, 1.807) is 24.5 Å². The molecule has 1 saturated heterocycles. The highest BCUT2D eigenvalue weighted by molar-refractivity contribution is 5.94. The van der Waals surface area contributed by atoms with E-state index in [4.69, 9.17) is 0 Å². The minimum absolute atomic E-state index is 0.0672. The molecule has 0 radical (unpaired) electrons. The average molecular weight is 380 g/mol. The molecule has 2 N–H and O–H groups in total. The second-order valence-corrected chi connectivity index (χ2v) is 8.05. The Morgan fingerprint density at radius 3 is 2.46 bits per heavy atom. The number of rotatable bonds is 7. The molecule has 0 spiro atoms. The van der Waals surface area contributed by atoms with E-state index in [9.17, 15) is 9.90 Å². The number of nitrogens with one attached hydrogen (secondary N) is 1. The lowest BCUT2D eigenvalue weighted by Crippen LogP contribution is -2.67. The van der Waals surface area contributed by atoms with Gasteiger partial charge in [0.05, 0.1) is 6.61 Å². The van der Waals surface area contributed by atoms with Gasteiger partial charge in [0.2, 0.25) is 0 Å². The van der Waals surface area contributed by atoms with Gasteiger partial charge in [-0.15, -0.1) is 0 Å². The molecule has 4 rings (SSSR count). The second kappa shape index (κ2) is 8.84. The molecule has 148 valence electrons. The van der Waals surface area contributed by atoms with Crippen LogP contribution in [-0.4, -0.2) is 52.7 Å². The van der Waals surface area contributed by atoms with Gasteiger partial charge < -0.3 is 10.4 Å². The molecule has 0 bridgehead atoms. The molecule has 2 heterocycles. The third-order valence-electron chi connectivity index (χ3n) is 6.41. The average Bonchev–Trinajstić information content (AvgIpc) is 3.25. The van der Waals surface area contributed by atoms with E-state index < -0.39 is 0 Å². The predicted molar refractivity (Wildman–Crippen MR) is 109 cm³/mol. The maximum Gasteiger partial charge on any atom is 0.251 e. The first-order valence-corrected chi connectivity index (χ1v) is 10.4. The van der Waals surface area contributed by atoms with Crippen LogP contribution < -0.4 is 5.32 Å². The topological polar surface area (TPSA) is 65.5 Å². The summed E-state index contributed by atoms with van der Waals surface area (Å²) in [5.41, 5.74) is 1.87. The highest BCUT2D eigenvalue weighted by Gasteiger charge is 2.49. The van der Waals surface area contributed by atoms with E-state index in [0.29, 0.717) is 18.0 Å². The summed E-state index contributed by atoms with van der Waals surface area (Å²) in [5, 5.41) is 13.2. The molecule has 2 aliphatic rings. The van der Waals surface area contributed by atoms with Crippen LogP contribution in [0.2, 0.25) is 0 Å². The predicted octanol–water partition coefficient (Wildman–Crippen LogP) is 2.83. The molecule has 1 amide bonds. The first kappa shape index (κ1) is 19.1. The van der Waals surface area contributed by atoms with Crippen molar-refractivity contribution in [3.8, 4) is 0 Å². The Morgan fingerprint density at radius 2 is 1.79 bits per heavy atom. The Hall–Kier alpha value is -2.24. The highest BCUT2D eigenvalue weighted by Crippen LogP contribution is 2.42. The fourth-order valence-corrected chi connectivity index (χ4v) is 4.96. The van der Waals surface area contributed by atoms with Crippen LogP contribution in [-0.2, 0) is 0 Å². The number of likely N-dealkylation sites (tertiary alicyclic amines) is 1. The van der Waals surface area contributed by atoms with E-state index in [2.05, 4.69) is 39.5 Å². The summed E-state index contributed by atoms with van der Waals surface area (Å²) in [6.45, 7) is 1.76. The maximum atomic E-state index is 12.5. The molecule has 1 aliphatic carbocycles. The first-order valence-electron chi connectivity index (χ1n) is 10.4. The fraction of sp³-hybridized carbons (Fsp3) is 0.478. The molecule has 2 fully saturated rings. The quantitative estimate of drug-likeness (QED) is 0.776. The molecule has 1 aromatic heterocycles. The van der Waals surface area contributed by atoms with Gasteiger partial charge in [-0.25, -0.2) is 0 Å². The Balaban J connectivity index is 1.49. The molecule has 3 atom stereocenters. The summed E-state index contributed by atoms with van der Waals surface area (Å²) in [6.07, 6.45) is 8.46. The van der Waals surface area contributed by atoms with Crippen molar-refractivity contribution >= 4 is 5.91 Å². The molecule has 5 nitrogen and oxygen atoms in total. The number of pyridine rings is 1. The van der Waals surface area contributed by atoms with Gasteiger partial charge in [0, 0.05) is 49.0 Å². The van der Waals surface area contributed by atoms with Gasteiger partial charge in [-0.2, -0.15) is 0 Å². The van der Waals surface area contributed by atoms with Crippen molar-refractivity contribution in [2.45, 2.75) is 43.7 Å². The Kier molecular flexibility index (Phi) is 6.03. The van der Waals surface area contributed by atoms with Crippen LogP contribution in [0.15, 0.2) is 54.9 Å². The van der Waals surface area contributed by atoms with E-state index in [0.717, 1.165) is 6.54 Å². The Morgan fingerprint density at radius 1 is 1.07 bits per heavy atom. The number of aromatic nitrogens is 1. The van der Waals surface area contributed by atoms with Crippen molar-refractivity contribution in [2.24, 2.45) is 5.92 Å². The summed E-state index contributed by atoms with van der Waals surface area (Å²) in [4.78, 5) is 18.9. The van der Waals surface area contributed by atoms with Crippen LogP contribution in [0.3, 0.4) is 0 Å². The zero-order valence-electron chi connectivity index (χ0n) is 16.2. The SMILES string of the molecule is O=C(NC[C@H]1[C@H](c2ccccc2)[C@H](CO)N1CC1CCCC1)c1ccncc1. The van der Waals surface area contributed by atoms with E-state index in [1.807, 2.05) is 6.07 Å². The van der Waals surface area contributed by atoms with Crippen LogP contribution in [0.4, 0.5) is 0 Å². The molecular weight excluding hydrogens is 350 g/mol. The van der Waals surface area contributed by atoms with Crippen LogP contribution in [0.1, 0.15) is 47.5 Å². The van der Waals surface area contributed by atoms with Gasteiger partial charge in [0.1, 0.15) is 0 Å². The van der Waals surface area contributed by atoms with Crippen molar-refractivity contribution in [1.29, 1.82) is 0 Å². The van der Waals surface area contributed by atoms with Gasteiger partial charge in [-0.1, -0.05) is 43.2 Å². The van der Waals surface area contributed by atoms with Crippen LogP contribution in [0, 0.1) is 5.92 Å². The molecule has 5 heteroatoms. The van der Waals surface area contributed by atoms with Crippen LogP contribution in [0.5, 0.6) is 0 Å². The lowest BCUT2D eigenvalue weighted by atomic mass is 9.74. The smallest absolute Gasteiger partial charge is 0.251 e. The number of nitrogens with zero attached hydrogens (tertiary/aromatic N) is 2. The lowest BCUT2D eigenvalue weighted by Gasteiger charge is -2.56. The van der Waals surface area contributed by atoms with Crippen LogP contribution in [0.25, 0.3) is 0 Å². The highest BCUT2D eigenvalue weighted by atomic mass is 16.3. The van der Waals surface area contributed by atoms with Crippen molar-refractivity contribution in [2.75, 3.05) is 19.7 Å². The van der Waals surface area contributed by atoms with Crippen molar-refractivity contribution in [1.82, 2.24) is 15.2 Å². The molecular formula is C23H29N3O2. The van der Waals surface area contributed by atoms with Crippen molar-refractivity contribution in [3.63, 3.8) is 0 Å². The maximum absolute atomic E-state index is 12.5. The Labute approximate surface area is 166 Å². The molecule has 1 aliphatic heterocycles. The van der Waals surface area contributed by atoms with E-state index in [1.165, 1.54) is 31.2 Å². The minimum atomic E-state index is -0.0672. The fourth-order valence-electron chi connectivity index (χ4n) is 4.96. The number of benzene rings is 1. The number of aliphatic hydroxyl groups excluding tert-OH is 1. The summed E-state index contributed by atoms with van der Waals surface area (Å²) < 4.78 is 0. The van der Waals surface area contributed by atoms with Crippen molar-refractivity contribution < 1.29 is 9.90 Å². The molecule has 28 heavy (non-hydrogen) atoms. The summed E-state index contributed by atoms with van der Waals surface area (Å²) >= 11 is 0. The van der Waals surface area contributed by atoms with Crippen molar-refractivity contribution in [3.05, 3.63) is 66.0 Å². The van der Waals surface area contributed by atoms with E-state index >= 15 is 0 Å². The van der Waals surface area contributed by atoms with Crippen LogP contribution >= 0.6 is 0 Å². The third kappa shape index (κ3) is 3.96. The third-order valence-corrected chi connectivity index (χ3v) is 6.41. The zero-order valence-corrected chi connectivity index (χ0v) is 16.2. The van der Waals surface area contributed by atoms with Gasteiger partial charge in [-0.3, -0.25) is 14.7 Å². The first-order chi connectivity index (χ1) is 13.8. The number of carbonyl (C=O) groups excluding carboxylic acids is 1. The van der Waals surface area contributed by atoms with E-state index in [-0.39, 0.29) is 30.5 Å². The molecule has 1 saturated carbocycles. The normalized spacial score (nSPS) is 25.4. The number of hydrogen-bond donors (Lipinski definition) is 2. The lowest BCUT2D eigenvalue weighted by molar-refractivity contribution is -0.0506.